The number of ether oxygens (including phenoxy) is 2. The molecule has 5 nitrogen and oxygen atoms in total. The molecular formula is C31H44O5Si. The number of ketones is 1. The molecule has 0 radical (unpaired) electrons. The second-order valence-corrected chi connectivity index (χ2v) is 16.7. The van der Waals surface area contributed by atoms with E-state index in [1.165, 1.54) is 12.7 Å². The summed E-state index contributed by atoms with van der Waals surface area (Å²) in [5.41, 5.74) is 2.32. The first kappa shape index (κ1) is 29.2. The van der Waals surface area contributed by atoms with Gasteiger partial charge in [0.2, 0.25) is 0 Å². The van der Waals surface area contributed by atoms with Crippen molar-refractivity contribution in [3.8, 4) is 17.6 Å². The smallest absolute Gasteiger partial charge is 0.305 e. The third kappa shape index (κ3) is 6.75. The number of hydrogen-bond acceptors (Lipinski definition) is 5. The van der Waals surface area contributed by atoms with Crippen LogP contribution in [0, 0.1) is 23.7 Å². The van der Waals surface area contributed by atoms with Gasteiger partial charge in [0.05, 0.1) is 13.2 Å². The number of esters is 1. The van der Waals surface area contributed by atoms with E-state index < -0.39 is 8.32 Å². The molecule has 0 aromatic heterocycles. The average Bonchev–Trinajstić information content (AvgIpc) is 3.35. The number of carbonyl (C=O) groups is 2. The molecule has 0 amide bonds. The van der Waals surface area contributed by atoms with Crippen LogP contribution in [-0.4, -0.2) is 39.4 Å². The third-order valence-corrected chi connectivity index (χ3v) is 12.8. The normalized spacial score (nSPS) is 23.6. The van der Waals surface area contributed by atoms with Gasteiger partial charge in [0.15, 0.2) is 14.1 Å². The molecule has 6 heteroatoms. The van der Waals surface area contributed by atoms with E-state index in [0.717, 1.165) is 30.6 Å². The van der Waals surface area contributed by atoms with Gasteiger partial charge < -0.3 is 13.9 Å². The molecule has 1 fully saturated rings. The molecule has 0 N–H and O–H groups in total. The van der Waals surface area contributed by atoms with E-state index in [2.05, 4.69) is 70.0 Å². The van der Waals surface area contributed by atoms with Crippen LogP contribution in [0.4, 0.5) is 0 Å². The molecule has 0 saturated heterocycles. The molecule has 1 aliphatic carbocycles. The van der Waals surface area contributed by atoms with E-state index in [4.69, 9.17) is 13.9 Å². The van der Waals surface area contributed by atoms with Crippen LogP contribution in [0.25, 0.3) is 0 Å². The number of hydrogen-bond donors (Lipinski definition) is 0. The van der Waals surface area contributed by atoms with Crippen molar-refractivity contribution in [3.63, 3.8) is 0 Å². The van der Waals surface area contributed by atoms with Gasteiger partial charge in [-0.1, -0.05) is 52.0 Å². The maximum absolute atomic E-state index is 12.9. The average molecular weight is 525 g/mol. The molecule has 37 heavy (non-hydrogen) atoms. The molecule has 1 heterocycles. The molecule has 0 spiro atoms. The largest absolute Gasteiger partial charge is 0.489 e. The van der Waals surface area contributed by atoms with Crippen molar-refractivity contribution in [1.82, 2.24) is 0 Å². The maximum Gasteiger partial charge on any atom is 0.305 e. The number of allylic oxidation sites excluding steroid dienone is 1. The van der Waals surface area contributed by atoms with Gasteiger partial charge in [-0.25, -0.2) is 0 Å². The van der Waals surface area contributed by atoms with Crippen molar-refractivity contribution in [2.24, 2.45) is 11.8 Å². The van der Waals surface area contributed by atoms with Crippen molar-refractivity contribution < 1.29 is 23.5 Å². The summed E-state index contributed by atoms with van der Waals surface area (Å²) in [6.45, 7) is 15.1. The fraction of sp³-hybridized carbons (Fsp3) is 0.613. The highest BCUT2D eigenvalue weighted by atomic mass is 28.4. The number of aryl methyl sites for hydroxylation is 1. The van der Waals surface area contributed by atoms with Gasteiger partial charge in [-0.3, -0.25) is 9.59 Å². The van der Waals surface area contributed by atoms with Crippen molar-refractivity contribution >= 4 is 20.1 Å². The molecule has 5 atom stereocenters. The SMILES string of the molecule is CC#CC[C@H](C)C(=O)/C=C/[C@H]1C(O[Si](C)(C)C(C)(C)C)C[C@@H]2Oc3c(CCCC(=O)OC)cccc3[C@@H]21. The van der Waals surface area contributed by atoms with Crippen molar-refractivity contribution in [2.75, 3.05) is 7.11 Å². The molecule has 2 aliphatic rings. The fourth-order valence-corrected chi connectivity index (χ4v) is 6.44. The van der Waals surface area contributed by atoms with E-state index in [9.17, 15) is 9.59 Å². The van der Waals surface area contributed by atoms with Crippen LogP contribution in [0.5, 0.6) is 5.75 Å². The summed E-state index contributed by atoms with van der Waals surface area (Å²) in [6, 6.07) is 6.32. The van der Waals surface area contributed by atoms with E-state index >= 15 is 0 Å². The molecule has 202 valence electrons. The molecular weight excluding hydrogens is 480 g/mol. The molecule has 1 saturated carbocycles. The number of fused-ring (bicyclic) bond motifs is 3. The van der Waals surface area contributed by atoms with Crippen LogP contribution < -0.4 is 4.74 Å². The van der Waals surface area contributed by atoms with Crippen LogP contribution >= 0.6 is 0 Å². The maximum atomic E-state index is 12.9. The number of methoxy groups -OCH3 is 1. The van der Waals surface area contributed by atoms with Gasteiger partial charge in [-0.05, 0) is 49.5 Å². The molecule has 1 aromatic carbocycles. The lowest BCUT2D eigenvalue weighted by Crippen LogP contribution is -2.45. The summed E-state index contributed by atoms with van der Waals surface area (Å²) < 4.78 is 18.3. The Balaban J connectivity index is 1.89. The topological polar surface area (TPSA) is 61.8 Å². The van der Waals surface area contributed by atoms with Gasteiger partial charge in [0, 0.05) is 42.6 Å². The standard InChI is InChI=1S/C31H44O5Si/c1-9-10-13-21(2)25(32)19-18-23-26(36-37(7,8)31(3,4)5)20-27-29(23)24-16-11-14-22(30(24)35-27)15-12-17-28(33)34-6/h11,14,16,18-19,21,23,26-27,29H,12-13,15,17,20H2,1-8H3/b19-18+/t21-,23-,26?,27-,29-/m0/s1. The number of para-hydroxylation sites is 1. The molecule has 1 aliphatic heterocycles. The fourth-order valence-electron chi connectivity index (χ4n) is 5.08. The Bertz CT molecular complexity index is 1070. The minimum absolute atomic E-state index is 0.00168. The Morgan fingerprint density at radius 1 is 1.27 bits per heavy atom. The van der Waals surface area contributed by atoms with Gasteiger partial charge in [-0.2, -0.15) is 0 Å². The highest BCUT2D eigenvalue weighted by molar-refractivity contribution is 6.74. The third-order valence-electron chi connectivity index (χ3n) is 8.32. The van der Waals surface area contributed by atoms with Gasteiger partial charge in [-0.15, -0.1) is 11.8 Å². The van der Waals surface area contributed by atoms with Crippen LogP contribution in [0.1, 0.15) is 77.3 Å². The number of rotatable bonds is 10. The van der Waals surface area contributed by atoms with Crippen molar-refractivity contribution in [2.45, 2.75) is 103 Å². The first-order chi connectivity index (χ1) is 17.4. The molecule has 0 bridgehead atoms. The highest BCUT2D eigenvalue weighted by Gasteiger charge is 2.52. The Hall–Kier alpha value is -2.36. The Kier molecular flexibility index (Phi) is 9.47. The Morgan fingerprint density at radius 2 is 2.00 bits per heavy atom. The van der Waals surface area contributed by atoms with Crippen LogP contribution in [0.3, 0.4) is 0 Å². The van der Waals surface area contributed by atoms with E-state index in [1.807, 2.05) is 6.92 Å². The molecule has 3 rings (SSSR count). The van der Waals surface area contributed by atoms with Gasteiger partial charge >= 0.3 is 5.97 Å². The zero-order valence-corrected chi connectivity index (χ0v) is 24.9. The van der Waals surface area contributed by atoms with Crippen molar-refractivity contribution in [1.29, 1.82) is 0 Å². The second-order valence-electron chi connectivity index (χ2n) is 12.0. The lowest BCUT2D eigenvalue weighted by Gasteiger charge is -2.40. The zero-order chi connectivity index (χ0) is 27.4. The van der Waals surface area contributed by atoms with E-state index in [-0.39, 0.29) is 46.8 Å². The monoisotopic (exact) mass is 524 g/mol. The second kappa shape index (κ2) is 12.0. The summed E-state index contributed by atoms with van der Waals surface area (Å²) in [5.74, 6) is 6.83. The summed E-state index contributed by atoms with van der Waals surface area (Å²) in [7, 11) is -0.604. The summed E-state index contributed by atoms with van der Waals surface area (Å²) in [6.07, 6.45) is 7.10. The first-order valence-corrected chi connectivity index (χ1v) is 16.4. The van der Waals surface area contributed by atoms with Crippen LogP contribution in [0.15, 0.2) is 30.4 Å². The summed E-state index contributed by atoms with van der Waals surface area (Å²) in [4.78, 5) is 24.5. The minimum Gasteiger partial charge on any atom is -0.489 e. The van der Waals surface area contributed by atoms with Gasteiger partial charge in [0.25, 0.3) is 0 Å². The first-order valence-electron chi connectivity index (χ1n) is 13.5. The summed E-state index contributed by atoms with van der Waals surface area (Å²) in [5, 5.41) is 0.0910. The zero-order valence-electron chi connectivity index (χ0n) is 23.9. The number of carbonyl (C=O) groups excluding carboxylic acids is 2. The van der Waals surface area contributed by atoms with Crippen molar-refractivity contribution in [3.05, 3.63) is 41.5 Å². The molecule has 1 aromatic rings. The van der Waals surface area contributed by atoms with E-state index in [0.29, 0.717) is 12.8 Å². The predicted molar refractivity (Wildman–Crippen MR) is 150 cm³/mol. The number of benzene rings is 1. The lowest BCUT2D eigenvalue weighted by atomic mass is 9.86. The highest BCUT2D eigenvalue weighted by Crippen LogP contribution is 2.54. The molecule has 1 unspecified atom stereocenters. The summed E-state index contributed by atoms with van der Waals surface area (Å²) >= 11 is 0. The Labute approximate surface area is 224 Å². The quantitative estimate of drug-likeness (QED) is 0.149. The van der Waals surface area contributed by atoms with Gasteiger partial charge in [0.1, 0.15) is 11.9 Å². The van der Waals surface area contributed by atoms with E-state index in [1.54, 1.807) is 13.0 Å². The predicted octanol–water partition coefficient (Wildman–Crippen LogP) is 6.61. The lowest BCUT2D eigenvalue weighted by molar-refractivity contribution is -0.140. The van der Waals surface area contributed by atoms with Crippen LogP contribution in [0.2, 0.25) is 18.1 Å². The van der Waals surface area contributed by atoms with Crippen LogP contribution in [-0.2, 0) is 25.2 Å². The Morgan fingerprint density at radius 3 is 2.65 bits per heavy atom. The minimum atomic E-state index is -2.03.